The van der Waals surface area contributed by atoms with Crippen molar-refractivity contribution >= 4 is 23.2 Å². The normalized spacial score (nSPS) is 18.4. The highest BCUT2D eigenvalue weighted by Gasteiger charge is 2.33. The Morgan fingerprint density at radius 2 is 2.10 bits per heavy atom. The van der Waals surface area contributed by atoms with Gasteiger partial charge >= 0.3 is 0 Å². The third kappa shape index (κ3) is 4.50. The first kappa shape index (κ1) is 15.9. The van der Waals surface area contributed by atoms with Gasteiger partial charge in [0.05, 0.1) is 10.6 Å². The number of rotatable bonds is 7. The van der Waals surface area contributed by atoms with E-state index in [9.17, 15) is 10.2 Å². The summed E-state index contributed by atoms with van der Waals surface area (Å²) in [4.78, 5) is 0. The van der Waals surface area contributed by atoms with Crippen molar-refractivity contribution in [3.05, 3.63) is 28.2 Å². The molecule has 1 aliphatic carbocycles. The predicted molar refractivity (Wildman–Crippen MR) is 79.6 cm³/mol. The smallest absolute Gasteiger partial charge is 0.138 e. The standard InChI is InChI=1S/C14H19Cl2NO3/c15-10-2-3-13(12(16)6-10)20-8-11(18)7-17-9-14(19)4-1-5-14/h2-3,6,11,17-19H,1,4-5,7-9H2. The number of aliphatic hydroxyl groups is 2. The van der Waals surface area contributed by atoms with Gasteiger partial charge in [0.25, 0.3) is 0 Å². The highest BCUT2D eigenvalue weighted by Crippen LogP contribution is 2.30. The zero-order valence-electron chi connectivity index (χ0n) is 11.1. The van der Waals surface area contributed by atoms with Crippen molar-refractivity contribution in [1.29, 1.82) is 0 Å². The second-order valence-electron chi connectivity index (χ2n) is 5.25. The average molecular weight is 320 g/mol. The third-order valence-electron chi connectivity index (χ3n) is 3.44. The predicted octanol–water partition coefficient (Wildman–Crippen LogP) is 2.24. The van der Waals surface area contributed by atoms with E-state index in [-0.39, 0.29) is 6.61 Å². The van der Waals surface area contributed by atoms with Gasteiger partial charge in [0.1, 0.15) is 18.5 Å². The summed E-state index contributed by atoms with van der Waals surface area (Å²) in [6.45, 7) is 1.01. The summed E-state index contributed by atoms with van der Waals surface area (Å²) in [7, 11) is 0. The lowest BCUT2D eigenvalue weighted by atomic mass is 9.80. The van der Waals surface area contributed by atoms with E-state index in [1.165, 1.54) is 0 Å². The van der Waals surface area contributed by atoms with E-state index in [0.29, 0.717) is 28.9 Å². The van der Waals surface area contributed by atoms with Crippen molar-refractivity contribution in [1.82, 2.24) is 5.32 Å². The fraction of sp³-hybridized carbons (Fsp3) is 0.571. The second kappa shape index (κ2) is 6.96. The molecule has 1 saturated carbocycles. The molecule has 0 spiro atoms. The Morgan fingerprint density at radius 3 is 2.70 bits per heavy atom. The van der Waals surface area contributed by atoms with E-state index < -0.39 is 11.7 Å². The molecule has 2 rings (SSSR count). The van der Waals surface area contributed by atoms with Crippen molar-refractivity contribution < 1.29 is 14.9 Å². The monoisotopic (exact) mass is 319 g/mol. The van der Waals surface area contributed by atoms with Gasteiger partial charge in [-0.3, -0.25) is 0 Å². The Bertz CT molecular complexity index is 452. The minimum absolute atomic E-state index is 0.132. The maximum Gasteiger partial charge on any atom is 0.138 e. The molecule has 0 bridgehead atoms. The first-order valence-electron chi connectivity index (χ1n) is 6.67. The maximum atomic E-state index is 9.89. The molecule has 0 aromatic heterocycles. The van der Waals surface area contributed by atoms with Crippen LogP contribution in [-0.2, 0) is 0 Å². The summed E-state index contributed by atoms with van der Waals surface area (Å²) < 4.78 is 5.43. The molecule has 6 heteroatoms. The highest BCUT2D eigenvalue weighted by atomic mass is 35.5. The molecule has 20 heavy (non-hydrogen) atoms. The van der Waals surface area contributed by atoms with Crippen molar-refractivity contribution in [3.63, 3.8) is 0 Å². The number of hydrogen-bond donors (Lipinski definition) is 3. The van der Waals surface area contributed by atoms with Crippen molar-refractivity contribution in [2.24, 2.45) is 0 Å². The highest BCUT2D eigenvalue weighted by molar-refractivity contribution is 6.35. The summed E-state index contributed by atoms with van der Waals surface area (Å²) in [6, 6.07) is 4.94. The summed E-state index contributed by atoms with van der Waals surface area (Å²) >= 11 is 11.8. The number of nitrogens with one attached hydrogen (secondary N) is 1. The minimum Gasteiger partial charge on any atom is -0.489 e. The number of benzene rings is 1. The molecule has 0 amide bonds. The van der Waals surface area contributed by atoms with Crippen molar-refractivity contribution in [2.45, 2.75) is 31.0 Å². The fourth-order valence-corrected chi connectivity index (χ4v) is 2.53. The molecular weight excluding hydrogens is 301 g/mol. The quantitative estimate of drug-likeness (QED) is 0.721. The van der Waals surface area contributed by atoms with Gasteiger partial charge in [-0.15, -0.1) is 0 Å². The van der Waals surface area contributed by atoms with Crippen molar-refractivity contribution in [3.8, 4) is 5.75 Å². The number of ether oxygens (including phenoxy) is 1. The van der Waals surface area contributed by atoms with Crippen LogP contribution in [-0.4, -0.2) is 41.6 Å². The topological polar surface area (TPSA) is 61.7 Å². The van der Waals surface area contributed by atoms with E-state index >= 15 is 0 Å². The molecule has 1 unspecified atom stereocenters. The molecule has 0 heterocycles. The van der Waals surface area contributed by atoms with Crippen LogP contribution in [0.3, 0.4) is 0 Å². The summed E-state index contributed by atoms with van der Waals surface area (Å²) in [5, 5.41) is 23.7. The fourth-order valence-electron chi connectivity index (χ4n) is 2.07. The molecule has 1 aromatic rings. The number of aliphatic hydroxyl groups excluding tert-OH is 1. The van der Waals surface area contributed by atoms with Crippen LogP contribution in [0.15, 0.2) is 18.2 Å². The summed E-state index contributed by atoms with van der Waals surface area (Å²) in [6.07, 6.45) is 2.06. The first-order chi connectivity index (χ1) is 9.48. The number of hydrogen-bond acceptors (Lipinski definition) is 4. The van der Waals surface area contributed by atoms with Gasteiger partial charge in [-0.1, -0.05) is 23.2 Å². The van der Waals surface area contributed by atoms with Crippen LogP contribution in [0.2, 0.25) is 10.0 Å². The Hall–Kier alpha value is -0.520. The summed E-state index contributed by atoms with van der Waals surface area (Å²) in [5.41, 5.74) is -0.583. The zero-order valence-corrected chi connectivity index (χ0v) is 12.6. The second-order valence-corrected chi connectivity index (χ2v) is 6.09. The van der Waals surface area contributed by atoms with E-state index in [1.807, 2.05) is 0 Å². The first-order valence-corrected chi connectivity index (χ1v) is 7.43. The van der Waals surface area contributed by atoms with Crippen LogP contribution in [0, 0.1) is 0 Å². The molecule has 112 valence electrons. The van der Waals surface area contributed by atoms with Crippen molar-refractivity contribution in [2.75, 3.05) is 19.7 Å². The van der Waals surface area contributed by atoms with E-state index in [4.69, 9.17) is 27.9 Å². The van der Waals surface area contributed by atoms with Crippen LogP contribution in [0.25, 0.3) is 0 Å². The Morgan fingerprint density at radius 1 is 1.35 bits per heavy atom. The maximum absolute atomic E-state index is 9.89. The SMILES string of the molecule is OC(CNCC1(O)CCC1)COc1ccc(Cl)cc1Cl. The van der Waals surface area contributed by atoms with Crippen LogP contribution < -0.4 is 10.1 Å². The van der Waals surface area contributed by atoms with Crippen LogP contribution in [0.4, 0.5) is 0 Å². The van der Waals surface area contributed by atoms with E-state index in [0.717, 1.165) is 19.3 Å². The molecular formula is C14H19Cl2NO3. The molecule has 0 radical (unpaired) electrons. The van der Waals surface area contributed by atoms with Gasteiger partial charge in [-0.05, 0) is 37.5 Å². The summed E-state index contributed by atoms with van der Waals surface area (Å²) in [5.74, 6) is 0.493. The molecule has 4 nitrogen and oxygen atoms in total. The van der Waals surface area contributed by atoms with Crippen LogP contribution in [0.1, 0.15) is 19.3 Å². The molecule has 1 aliphatic rings. The Balaban J connectivity index is 1.67. The molecule has 3 N–H and O–H groups in total. The Labute approximate surface area is 128 Å². The lowest BCUT2D eigenvalue weighted by Gasteiger charge is -2.36. The lowest BCUT2D eigenvalue weighted by molar-refractivity contribution is -0.0334. The van der Waals surface area contributed by atoms with Crippen LogP contribution in [0.5, 0.6) is 5.75 Å². The largest absolute Gasteiger partial charge is 0.489 e. The Kier molecular flexibility index (Phi) is 5.52. The van der Waals surface area contributed by atoms with Gasteiger partial charge in [-0.25, -0.2) is 0 Å². The molecule has 1 fully saturated rings. The molecule has 1 aromatic carbocycles. The zero-order chi connectivity index (χ0) is 14.6. The molecule has 1 atom stereocenters. The third-order valence-corrected chi connectivity index (χ3v) is 3.97. The van der Waals surface area contributed by atoms with Gasteiger partial charge in [0, 0.05) is 18.1 Å². The minimum atomic E-state index is -0.662. The van der Waals surface area contributed by atoms with E-state index in [2.05, 4.69) is 5.32 Å². The van der Waals surface area contributed by atoms with Gasteiger partial charge < -0.3 is 20.3 Å². The van der Waals surface area contributed by atoms with Gasteiger partial charge in [-0.2, -0.15) is 0 Å². The van der Waals surface area contributed by atoms with Gasteiger partial charge in [0.2, 0.25) is 0 Å². The van der Waals surface area contributed by atoms with E-state index in [1.54, 1.807) is 18.2 Å². The number of halogens is 2. The molecule has 0 aliphatic heterocycles. The average Bonchev–Trinajstić information content (AvgIpc) is 2.35. The molecule has 0 saturated heterocycles. The van der Waals surface area contributed by atoms with Crippen LogP contribution >= 0.6 is 23.2 Å². The van der Waals surface area contributed by atoms with Gasteiger partial charge in [0.15, 0.2) is 0 Å². The lowest BCUT2D eigenvalue weighted by Crippen LogP contribution is -2.48.